The second-order valence-electron chi connectivity index (χ2n) is 8.32. The Hall–Kier alpha value is -3.61. The van der Waals surface area contributed by atoms with E-state index in [2.05, 4.69) is 5.32 Å². The second kappa shape index (κ2) is 9.90. The van der Waals surface area contributed by atoms with Crippen LogP contribution >= 0.6 is 0 Å². The maximum atomic E-state index is 12.7. The normalized spacial score (nSPS) is 15.9. The van der Waals surface area contributed by atoms with Gasteiger partial charge >= 0.3 is 17.6 Å². The molecule has 0 aliphatic carbocycles. The molecular weight excluding hydrogens is 420 g/mol. The molecule has 0 saturated carbocycles. The van der Waals surface area contributed by atoms with Crippen molar-refractivity contribution in [2.24, 2.45) is 5.92 Å². The highest BCUT2D eigenvalue weighted by atomic mass is 16.5. The number of likely N-dealkylation sites (tertiary alicyclic amines) is 1. The first-order chi connectivity index (χ1) is 16.0. The molecule has 1 N–H and O–H groups in total. The van der Waals surface area contributed by atoms with Gasteiger partial charge in [0.25, 0.3) is 0 Å². The zero-order valence-corrected chi connectivity index (χ0v) is 18.9. The highest BCUT2D eigenvalue weighted by Crippen LogP contribution is 2.30. The number of aryl methyl sites for hydroxylation is 1. The lowest BCUT2D eigenvalue weighted by molar-refractivity contribution is -0.149. The van der Waals surface area contributed by atoms with Crippen LogP contribution in [-0.2, 0) is 16.1 Å². The van der Waals surface area contributed by atoms with Gasteiger partial charge in [-0.05, 0) is 49.4 Å². The quantitative estimate of drug-likeness (QED) is 0.466. The van der Waals surface area contributed by atoms with Gasteiger partial charge in [-0.3, -0.25) is 4.79 Å². The largest absolute Gasteiger partial charge is 0.466 e. The first kappa shape index (κ1) is 22.6. The van der Waals surface area contributed by atoms with Gasteiger partial charge in [0.2, 0.25) is 0 Å². The van der Waals surface area contributed by atoms with Gasteiger partial charge in [-0.2, -0.15) is 0 Å². The highest BCUT2D eigenvalue weighted by Gasteiger charge is 2.29. The lowest BCUT2D eigenvalue weighted by Crippen LogP contribution is -2.47. The Balaban J connectivity index is 1.49. The number of urea groups is 1. The molecule has 1 saturated heterocycles. The van der Waals surface area contributed by atoms with Crippen LogP contribution in [0.4, 0.5) is 4.79 Å². The van der Waals surface area contributed by atoms with Crippen molar-refractivity contribution in [3.63, 3.8) is 0 Å². The highest BCUT2D eigenvalue weighted by molar-refractivity contribution is 5.94. The van der Waals surface area contributed by atoms with Gasteiger partial charge in [0.15, 0.2) is 0 Å². The van der Waals surface area contributed by atoms with Crippen molar-refractivity contribution < 1.29 is 18.7 Å². The molecule has 1 aliphatic rings. The van der Waals surface area contributed by atoms with Crippen molar-refractivity contribution in [1.29, 1.82) is 0 Å². The number of esters is 1. The summed E-state index contributed by atoms with van der Waals surface area (Å²) >= 11 is 0. The number of hydrogen-bond donors (Lipinski definition) is 1. The minimum atomic E-state index is -0.416. The van der Waals surface area contributed by atoms with Crippen molar-refractivity contribution in [3.05, 3.63) is 70.1 Å². The zero-order chi connectivity index (χ0) is 23.4. The third-order valence-electron chi connectivity index (χ3n) is 6.02. The molecule has 2 amide bonds. The van der Waals surface area contributed by atoms with E-state index >= 15 is 0 Å². The van der Waals surface area contributed by atoms with Crippen LogP contribution < -0.4 is 10.9 Å². The molecule has 172 valence electrons. The molecule has 2 aromatic carbocycles. The van der Waals surface area contributed by atoms with Crippen molar-refractivity contribution in [2.75, 3.05) is 19.7 Å². The fourth-order valence-electron chi connectivity index (χ4n) is 4.32. The predicted octanol–water partition coefficient (Wildman–Crippen LogP) is 4.25. The van der Waals surface area contributed by atoms with E-state index in [1.807, 2.05) is 43.3 Å². The Morgan fingerprint density at radius 2 is 1.97 bits per heavy atom. The van der Waals surface area contributed by atoms with Crippen LogP contribution in [0.5, 0.6) is 0 Å². The number of benzene rings is 2. The number of hydrogen-bond acceptors (Lipinski definition) is 5. The molecule has 1 fully saturated rings. The van der Waals surface area contributed by atoms with Gasteiger partial charge in [0.1, 0.15) is 5.58 Å². The molecule has 2 heterocycles. The molecule has 7 heteroatoms. The monoisotopic (exact) mass is 448 g/mol. The summed E-state index contributed by atoms with van der Waals surface area (Å²) in [6, 6.07) is 14.8. The van der Waals surface area contributed by atoms with E-state index in [0.29, 0.717) is 25.3 Å². The maximum Gasteiger partial charge on any atom is 0.336 e. The second-order valence-corrected chi connectivity index (χ2v) is 8.32. The fraction of sp³-hybridized carbons (Fsp3) is 0.346. The van der Waals surface area contributed by atoms with E-state index in [-0.39, 0.29) is 24.5 Å². The summed E-state index contributed by atoms with van der Waals surface area (Å²) in [7, 11) is 0. The number of carbonyl (C=O) groups excluding carboxylic acids is 2. The van der Waals surface area contributed by atoms with E-state index in [9.17, 15) is 14.4 Å². The molecule has 1 aromatic heterocycles. The van der Waals surface area contributed by atoms with E-state index < -0.39 is 5.63 Å². The molecule has 0 radical (unpaired) electrons. The predicted molar refractivity (Wildman–Crippen MR) is 126 cm³/mol. The summed E-state index contributed by atoms with van der Waals surface area (Å²) in [5, 5.41) is 3.75. The molecule has 3 aromatic rings. The number of nitrogens with one attached hydrogen (secondary N) is 1. The van der Waals surface area contributed by atoms with Crippen molar-refractivity contribution >= 4 is 23.0 Å². The Morgan fingerprint density at radius 1 is 1.15 bits per heavy atom. The summed E-state index contributed by atoms with van der Waals surface area (Å²) in [4.78, 5) is 38.6. The van der Waals surface area contributed by atoms with Crippen LogP contribution in [0.25, 0.3) is 22.1 Å². The van der Waals surface area contributed by atoms with Crippen LogP contribution in [0.3, 0.4) is 0 Å². The van der Waals surface area contributed by atoms with E-state index in [1.165, 1.54) is 6.07 Å². The summed E-state index contributed by atoms with van der Waals surface area (Å²) in [5.74, 6) is -0.525. The number of ether oxygens (including phenoxy) is 1. The van der Waals surface area contributed by atoms with Crippen LogP contribution in [-0.4, -0.2) is 36.6 Å². The number of fused-ring (bicyclic) bond motifs is 1. The average molecular weight is 449 g/mol. The van der Waals surface area contributed by atoms with Gasteiger partial charge in [-0.1, -0.05) is 36.4 Å². The number of nitrogens with zero attached hydrogens (tertiary/aromatic N) is 1. The van der Waals surface area contributed by atoms with Gasteiger partial charge in [0.05, 0.1) is 12.5 Å². The van der Waals surface area contributed by atoms with Crippen LogP contribution in [0.1, 0.15) is 30.9 Å². The minimum absolute atomic E-state index is 0.223. The molecule has 1 atom stereocenters. The summed E-state index contributed by atoms with van der Waals surface area (Å²) in [6.07, 6.45) is 1.50. The molecule has 0 bridgehead atoms. The zero-order valence-electron chi connectivity index (χ0n) is 18.9. The van der Waals surface area contributed by atoms with E-state index in [4.69, 9.17) is 9.15 Å². The van der Waals surface area contributed by atoms with Gasteiger partial charge in [0, 0.05) is 36.7 Å². The minimum Gasteiger partial charge on any atom is -0.466 e. The number of amides is 2. The summed E-state index contributed by atoms with van der Waals surface area (Å²) < 4.78 is 10.6. The lowest BCUT2D eigenvalue weighted by atomic mass is 9.97. The third-order valence-corrected chi connectivity index (χ3v) is 6.02. The molecule has 1 aliphatic heterocycles. The standard InChI is InChI=1S/C26H28N2O5/c1-3-32-25(30)19-8-6-12-28(16-19)26(31)27-15-18-10-11-21-22(14-24(29)33-23(21)13-18)20-9-5-4-7-17(20)2/h4-5,7,9-11,13-14,19H,3,6,8,12,15-16H2,1-2H3,(H,27,31)/t19-/m0/s1. The van der Waals surface area contributed by atoms with Crippen LogP contribution in [0.15, 0.2) is 57.7 Å². The fourth-order valence-corrected chi connectivity index (χ4v) is 4.32. The van der Waals surface area contributed by atoms with Crippen LogP contribution in [0.2, 0.25) is 0 Å². The Morgan fingerprint density at radius 3 is 2.76 bits per heavy atom. The topological polar surface area (TPSA) is 88.9 Å². The van der Waals surface area contributed by atoms with Crippen molar-refractivity contribution in [3.8, 4) is 11.1 Å². The summed E-state index contributed by atoms with van der Waals surface area (Å²) in [5.41, 5.74) is 3.77. The Kier molecular flexibility index (Phi) is 6.77. The molecule has 0 spiro atoms. The van der Waals surface area contributed by atoms with E-state index in [0.717, 1.165) is 40.5 Å². The first-order valence-corrected chi connectivity index (χ1v) is 11.3. The van der Waals surface area contributed by atoms with Crippen molar-refractivity contribution in [1.82, 2.24) is 10.2 Å². The van der Waals surface area contributed by atoms with E-state index in [1.54, 1.807) is 17.9 Å². The number of rotatable bonds is 5. The number of piperidine rings is 1. The van der Waals surface area contributed by atoms with Gasteiger partial charge in [-0.25, -0.2) is 9.59 Å². The molecule has 33 heavy (non-hydrogen) atoms. The first-order valence-electron chi connectivity index (χ1n) is 11.3. The van der Waals surface area contributed by atoms with Gasteiger partial charge in [-0.15, -0.1) is 0 Å². The lowest BCUT2D eigenvalue weighted by Gasteiger charge is -2.31. The molecular formula is C26H28N2O5. The van der Waals surface area contributed by atoms with Gasteiger partial charge < -0.3 is 19.4 Å². The smallest absolute Gasteiger partial charge is 0.336 e. The van der Waals surface area contributed by atoms with Crippen molar-refractivity contribution in [2.45, 2.75) is 33.2 Å². The molecule has 4 rings (SSSR count). The SMILES string of the molecule is CCOC(=O)[C@H]1CCCN(C(=O)NCc2ccc3c(-c4ccccc4C)cc(=O)oc3c2)C1. The summed E-state index contributed by atoms with van der Waals surface area (Å²) in [6.45, 7) is 5.37. The Bertz CT molecular complexity index is 1230. The maximum absolute atomic E-state index is 12.7. The average Bonchev–Trinajstić information content (AvgIpc) is 2.82. The molecule has 0 unspecified atom stereocenters. The number of carbonyl (C=O) groups is 2. The van der Waals surface area contributed by atoms with Crippen LogP contribution in [0, 0.1) is 12.8 Å². The molecule has 7 nitrogen and oxygen atoms in total. The third kappa shape index (κ3) is 5.08. The Labute approximate surface area is 192 Å².